The predicted octanol–water partition coefficient (Wildman–Crippen LogP) is 3.53. The van der Waals surface area contributed by atoms with Gasteiger partial charge in [-0.15, -0.1) is 0 Å². The molecule has 4 fully saturated rings. The van der Waals surface area contributed by atoms with Crippen LogP contribution in [0.5, 0.6) is 0 Å². The van der Waals surface area contributed by atoms with Crippen LogP contribution in [0.25, 0.3) is 0 Å². The molecule has 0 amide bonds. The molecule has 1 aromatic carbocycles. The standard InChI is InChI=1S/C17H22O2S/c18-20(19,16-4-2-1-3-5-16)11-17-14-7-12-6-13(9-14)10-15(17)8-12/h1-5,12-15,17H,6-11H2. The number of rotatable bonds is 3. The van der Waals surface area contributed by atoms with Gasteiger partial charge < -0.3 is 0 Å². The summed E-state index contributed by atoms with van der Waals surface area (Å²) >= 11 is 0. The fourth-order valence-electron chi connectivity index (χ4n) is 5.29. The summed E-state index contributed by atoms with van der Waals surface area (Å²) in [6, 6.07) is 9.01. The van der Waals surface area contributed by atoms with E-state index in [2.05, 4.69) is 0 Å². The van der Waals surface area contributed by atoms with Crippen molar-refractivity contribution in [3.05, 3.63) is 30.3 Å². The third-order valence-electron chi connectivity index (χ3n) is 5.94. The summed E-state index contributed by atoms with van der Waals surface area (Å²) in [4.78, 5) is 0.508. The number of sulfone groups is 1. The smallest absolute Gasteiger partial charge is 0.178 e. The maximum Gasteiger partial charge on any atom is 0.178 e. The summed E-state index contributed by atoms with van der Waals surface area (Å²) in [5.74, 6) is 4.00. The first-order chi connectivity index (χ1) is 9.62. The molecule has 0 saturated heterocycles. The van der Waals surface area contributed by atoms with E-state index >= 15 is 0 Å². The zero-order valence-electron chi connectivity index (χ0n) is 11.7. The quantitative estimate of drug-likeness (QED) is 0.853. The minimum absolute atomic E-state index is 0.381. The molecule has 4 aliphatic rings. The summed E-state index contributed by atoms with van der Waals surface area (Å²) in [6.07, 6.45) is 6.60. The Bertz CT molecular complexity index is 563. The minimum Gasteiger partial charge on any atom is -0.224 e. The van der Waals surface area contributed by atoms with Gasteiger partial charge in [-0.2, -0.15) is 0 Å². The monoisotopic (exact) mass is 290 g/mol. The van der Waals surface area contributed by atoms with Gasteiger partial charge in [0.15, 0.2) is 9.84 Å². The molecule has 0 atom stereocenters. The molecule has 0 aliphatic heterocycles. The molecule has 20 heavy (non-hydrogen) atoms. The van der Waals surface area contributed by atoms with Crippen LogP contribution in [0.3, 0.4) is 0 Å². The van der Waals surface area contributed by atoms with Crippen molar-refractivity contribution < 1.29 is 8.42 Å². The molecule has 0 aromatic heterocycles. The number of benzene rings is 1. The van der Waals surface area contributed by atoms with Crippen molar-refractivity contribution in [1.82, 2.24) is 0 Å². The van der Waals surface area contributed by atoms with E-state index in [1.54, 1.807) is 12.1 Å². The highest BCUT2D eigenvalue weighted by atomic mass is 32.2. The summed E-state index contributed by atoms with van der Waals surface area (Å²) in [5, 5.41) is 0. The van der Waals surface area contributed by atoms with E-state index in [0.29, 0.717) is 28.4 Å². The van der Waals surface area contributed by atoms with E-state index in [-0.39, 0.29) is 0 Å². The summed E-state index contributed by atoms with van der Waals surface area (Å²) in [5.41, 5.74) is 0. The third-order valence-corrected chi connectivity index (χ3v) is 7.75. The van der Waals surface area contributed by atoms with Gasteiger partial charge in [-0.25, -0.2) is 8.42 Å². The summed E-state index contributed by atoms with van der Waals surface area (Å²) in [6.45, 7) is 0. The Labute approximate surface area is 121 Å². The Kier molecular flexibility index (Phi) is 2.95. The lowest BCUT2D eigenvalue weighted by Gasteiger charge is -2.54. The van der Waals surface area contributed by atoms with E-state index in [1.807, 2.05) is 18.2 Å². The molecule has 4 aliphatic carbocycles. The van der Waals surface area contributed by atoms with Crippen molar-refractivity contribution in [1.29, 1.82) is 0 Å². The second kappa shape index (κ2) is 4.59. The van der Waals surface area contributed by atoms with Gasteiger partial charge in [-0.1, -0.05) is 18.2 Å². The Morgan fingerprint density at radius 3 is 1.95 bits per heavy atom. The first-order valence-electron chi connectivity index (χ1n) is 7.89. The molecule has 2 nitrogen and oxygen atoms in total. The van der Waals surface area contributed by atoms with Gasteiger partial charge >= 0.3 is 0 Å². The number of hydrogen-bond donors (Lipinski definition) is 0. The van der Waals surface area contributed by atoms with Crippen LogP contribution in [-0.4, -0.2) is 14.2 Å². The molecule has 1 aromatic rings. The van der Waals surface area contributed by atoms with Gasteiger partial charge in [-0.3, -0.25) is 0 Å². The lowest BCUT2D eigenvalue weighted by atomic mass is 9.52. The Hall–Kier alpha value is -0.830. The van der Waals surface area contributed by atoms with Crippen LogP contribution in [0.15, 0.2) is 35.2 Å². The van der Waals surface area contributed by atoms with Gasteiger partial charge in [0.05, 0.1) is 10.6 Å². The van der Waals surface area contributed by atoms with E-state index < -0.39 is 9.84 Å². The van der Waals surface area contributed by atoms with Crippen LogP contribution in [0.2, 0.25) is 0 Å². The van der Waals surface area contributed by atoms with Gasteiger partial charge in [0.2, 0.25) is 0 Å². The minimum atomic E-state index is -3.10. The van der Waals surface area contributed by atoms with Crippen LogP contribution in [0.1, 0.15) is 32.1 Å². The van der Waals surface area contributed by atoms with Crippen molar-refractivity contribution >= 4 is 9.84 Å². The molecule has 0 radical (unpaired) electrons. The highest BCUT2D eigenvalue weighted by Crippen LogP contribution is 2.56. The van der Waals surface area contributed by atoms with Crippen LogP contribution in [-0.2, 0) is 9.84 Å². The molecule has 4 bridgehead atoms. The Balaban J connectivity index is 1.57. The van der Waals surface area contributed by atoms with E-state index in [4.69, 9.17) is 0 Å². The summed E-state index contributed by atoms with van der Waals surface area (Å²) < 4.78 is 25.2. The van der Waals surface area contributed by atoms with Crippen LogP contribution in [0.4, 0.5) is 0 Å². The van der Waals surface area contributed by atoms with E-state index in [0.717, 1.165) is 11.8 Å². The Morgan fingerprint density at radius 2 is 1.40 bits per heavy atom. The number of hydrogen-bond acceptors (Lipinski definition) is 2. The summed E-state index contributed by atoms with van der Waals surface area (Å²) in [7, 11) is -3.10. The van der Waals surface area contributed by atoms with Crippen LogP contribution < -0.4 is 0 Å². The fraction of sp³-hybridized carbons (Fsp3) is 0.647. The molecule has 5 rings (SSSR count). The van der Waals surface area contributed by atoms with Gasteiger partial charge in [0.25, 0.3) is 0 Å². The molecule has 4 saturated carbocycles. The average molecular weight is 290 g/mol. The molecule has 0 N–H and O–H groups in total. The highest BCUT2D eigenvalue weighted by molar-refractivity contribution is 7.91. The lowest BCUT2D eigenvalue weighted by molar-refractivity contribution is -0.0268. The average Bonchev–Trinajstić information content (AvgIpc) is 2.43. The third kappa shape index (κ3) is 2.11. The Morgan fingerprint density at radius 1 is 0.850 bits per heavy atom. The molecule has 3 heteroatoms. The first kappa shape index (κ1) is 12.9. The zero-order chi connectivity index (χ0) is 13.7. The van der Waals surface area contributed by atoms with E-state index in [1.165, 1.54) is 32.1 Å². The van der Waals surface area contributed by atoms with Crippen molar-refractivity contribution in [2.45, 2.75) is 37.0 Å². The molecular formula is C17H22O2S. The molecular weight excluding hydrogens is 268 g/mol. The van der Waals surface area contributed by atoms with Crippen molar-refractivity contribution in [2.75, 3.05) is 5.75 Å². The second-order valence-corrected chi connectivity index (χ2v) is 9.22. The van der Waals surface area contributed by atoms with Crippen molar-refractivity contribution in [2.24, 2.45) is 29.6 Å². The lowest BCUT2D eigenvalue weighted by Crippen LogP contribution is -2.47. The first-order valence-corrected chi connectivity index (χ1v) is 9.55. The molecule has 0 spiro atoms. The normalized spacial score (nSPS) is 39.1. The largest absolute Gasteiger partial charge is 0.224 e. The maximum atomic E-state index is 12.6. The van der Waals surface area contributed by atoms with Crippen LogP contribution >= 0.6 is 0 Å². The van der Waals surface area contributed by atoms with E-state index in [9.17, 15) is 8.42 Å². The molecule has 108 valence electrons. The van der Waals surface area contributed by atoms with Gasteiger partial charge in [0.1, 0.15) is 0 Å². The highest BCUT2D eigenvalue weighted by Gasteiger charge is 2.49. The zero-order valence-corrected chi connectivity index (χ0v) is 12.6. The van der Waals surface area contributed by atoms with Crippen molar-refractivity contribution in [3.8, 4) is 0 Å². The second-order valence-electron chi connectivity index (χ2n) is 7.19. The van der Waals surface area contributed by atoms with Crippen LogP contribution in [0, 0.1) is 29.6 Å². The van der Waals surface area contributed by atoms with Crippen molar-refractivity contribution in [3.63, 3.8) is 0 Å². The molecule has 0 heterocycles. The van der Waals surface area contributed by atoms with Gasteiger partial charge in [0, 0.05) is 0 Å². The molecule has 0 unspecified atom stereocenters. The predicted molar refractivity (Wildman–Crippen MR) is 79.0 cm³/mol. The SMILES string of the molecule is O=S(=O)(CC1C2CC3CC(C2)CC1C3)c1ccccc1. The fourth-order valence-corrected chi connectivity index (χ4v) is 7.10. The maximum absolute atomic E-state index is 12.6. The topological polar surface area (TPSA) is 34.1 Å². The van der Waals surface area contributed by atoms with Gasteiger partial charge in [-0.05, 0) is 73.8 Å².